The summed E-state index contributed by atoms with van der Waals surface area (Å²) in [6, 6.07) is 13.1. The number of rotatable bonds is 8. The van der Waals surface area contributed by atoms with Crippen LogP contribution in [0.2, 0.25) is 10.0 Å². The van der Waals surface area contributed by atoms with Crippen molar-refractivity contribution in [3.63, 3.8) is 0 Å². The number of hydrogen-bond donors (Lipinski definition) is 2. The molecule has 2 aromatic carbocycles. The molecule has 4 aromatic rings. The van der Waals surface area contributed by atoms with E-state index < -0.39 is 10.0 Å². The monoisotopic (exact) mass is 547 g/mol. The Morgan fingerprint density at radius 2 is 1.89 bits per heavy atom. The minimum atomic E-state index is -3.51. The number of nitrogens with zero attached hydrogens (tertiary/aromatic N) is 1. The second-order valence-corrected chi connectivity index (χ2v) is 12.9. The number of aryl methyl sites for hydroxylation is 1. The first-order chi connectivity index (χ1) is 16.8. The predicted octanol–water partition coefficient (Wildman–Crippen LogP) is 6.85. The van der Waals surface area contributed by atoms with Crippen molar-refractivity contribution in [3.05, 3.63) is 69.8 Å². The molecule has 184 valence electrons. The fraction of sp³-hybridized carbons (Fsp3) is 0.308. The molecular weight excluding hydrogens is 521 g/mol. The van der Waals surface area contributed by atoms with Gasteiger partial charge in [-0.3, -0.25) is 4.90 Å². The Kier molecular flexibility index (Phi) is 7.26. The Hall–Kier alpha value is -1.87. The lowest BCUT2D eigenvalue weighted by atomic mass is 9.96. The lowest BCUT2D eigenvalue weighted by molar-refractivity contribution is 0.295. The molecule has 0 radical (unpaired) electrons. The van der Waals surface area contributed by atoms with E-state index in [1.807, 2.05) is 24.3 Å². The van der Waals surface area contributed by atoms with E-state index in [1.54, 1.807) is 18.2 Å². The van der Waals surface area contributed by atoms with Crippen LogP contribution in [0.15, 0.2) is 52.7 Å². The van der Waals surface area contributed by atoms with Gasteiger partial charge in [0.2, 0.25) is 10.0 Å². The Bertz CT molecular complexity index is 1520. The van der Waals surface area contributed by atoms with Crippen molar-refractivity contribution in [1.29, 1.82) is 0 Å². The Morgan fingerprint density at radius 1 is 1.09 bits per heavy atom. The SMILES string of the molecule is Cc1[nH]c2ccc(Cl)cc2c1C1=CCN(CCCCNS(=O)(=O)c2cc3cc(Cl)ccc3s2)CC1. The number of halogens is 2. The van der Waals surface area contributed by atoms with Gasteiger partial charge in [0.1, 0.15) is 4.21 Å². The van der Waals surface area contributed by atoms with Crippen molar-refractivity contribution in [2.75, 3.05) is 26.2 Å². The van der Waals surface area contributed by atoms with Gasteiger partial charge in [-0.15, -0.1) is 11.3 Å². The summed E-state index contributed by atoms with van der Waals surface area (Å²) in [6.45, 7) is 5.39. The zero-order chi connectivity index (χ0) is 24.6. The second-order valence-electron chi connectivity index (χ2n) is 8.95. The van der Waals surface area contributed by atoms with Crippen molar-refractivity contribution < 1.29 is 8.42 Å². The Balaban J connectivity index is 1.12. The molecule has 0 saturated carbocycles. The molecule has 2 N–H and O–H groups in total. The third kappa shape index (κ3) is 5.45. The van der Waals surface area contributed by atoms with Crippen LogP contribution in [0.3, 0.4) is 0 Å². The molecular formula is C26H27Cl2N3O2S2. The number of unbranched alkanes of at least 4 members (excludes halogenated alkanes) is 1. The molecule has 0 spiro atoms. The molecule has 0 bridgehead atoms. The van der Waals surface area contributed by atoms with Gasteiger partial charge in [0, 0.05) is 56.5 Å². The van der Waals surface area contributed by atoms with Gasteiger partial charge in [-0.25, -0.2) is 13.1 Å². The van der Waals surface area contributed by atoms with Crippen LogP contribution in [0.5, 0.6) is 0 Å². The molecule has 0 saturated heterocycles. The largest absolute Gasteiger partial charge is 0.358 e. The molecule has 2 aromatic heterocycles. The predicted molar refractivity (Wildman–Crippen MR) is 148 cm³/mol. The topological polar surface area (TPSA) is 65.2 Å². The zero-order valence-electron chi connectivity index (χ0n) is 19.4. The van der Waals surface area contributed by atoms with E-state index >= 15 is 0 Å². The minimum absolute atomic E-state index is 0.331. The molecule has 1 aliphatic heterocycles. The van der Waals surface area contributed by atoms with Crippen molar-refractivity contribution >= 4 is 71.1 Å². The van der Waals surface area contributed by atoms with E-state index in [1.165, 1.54) is 33.6 Å². The summed E-state index contributed by atoms with van der Waals surface area (Å²) in [5, 5.41) is 3.39. The van der Waals surface area contributed by atoms with Crippen LogP contribution < -0.4 is 4.72 Å². The second kappa shape index (κ2) is 10.2. The van der Waals surface area contributed by atoms with Gasteiger partial charge in [0.15, 0.2) is 0 Å². The number of aromatic nitrogens is 1. The summed E-state index contributed by atoms with van der Waals surface area (Å²) >= 11 is 13.5. The van der Waals surface area contributed by atoms with Crippen LogP contribution in [0.1, 0.15) is 30.5 Å². The highest BCUT2D eigenvalue weighted by Crippen LogP contribution is 2.34. The molecule has 9 heteroatoms. The number of aromatic amines is 1. The molecule has 0 fully saturated rings. The number of hydrogen-bond acceptors (Lipinski definition) is 4. The van der Waals surface area contributed by atoms with Crippen molar-refractivity contribution in [3.8, 4) is 0 Å². The molecule has 1 aliphatic rings. The summed E-state index contributed by atoms with van der Waals surface area (Å²) in [7, 11) is -3.51. The number of fused-ring (bicyclic) bond motifs is 2. The Morgan fingerprint density at radius 3 is 2.69 bits per heavy atom. The molecule has 0 amide bonds. The van der Waals surface area contributed by atoms with Crippen LogP contribution in [0, 0.1) is 6.92 Å². The first kappa shape index (κ1) is 24.8. The molecule has 35 heavy (non-hydrogen) atoms. The maximum atomic E-state index is 12.7. The van der Waals surface area contributed by atoms with Crippen molar-refractivity contribution in [2.45, 2.75) is 30.4 Å². The van der Waals surface area contributed by atoms with Crippen LogP contribution in [0.25, 0.3) is 26.6 Å². The summed E-state index contributed by atoms with van der Waals surface area (Å²) in [6.07, 6.45) is 5.04. The first-order valence-corrected chi connectivity index (χ1v) is 14.7. The average molecular weight is 549 g/mol. The van der Waals surface area contributed by atoms with Crippen LogP contribution in [-0.4, -0.2) is 44.5 Å². The quantitative estimate of drug-likeness (QED) is 0.237. The average Bonchev–Trinajstić information content (AvgIpc) is 3.39. The lowest BCUT2D eigenvalue weighted by Crippen LogP contribution is -2.30. The fourth-order valence-corrected chi connectivity index (χ4v) is 7.56. The number of H-pyrrole nitrogens is 1. The summed E-state index contributed by atoms with van der Waals surface area (Å²) in [5.41, 5.74) is 4.94. The molecule has 5 rings (SSSR count). The standard InChI is InChI=1S/C26H27Cl2N3O2S2/c1-17-26(22-16-21(28)4-6-23(22)30-17)18-8-12-31(13-9-18)11-3-2-10-29-35(32,33)25-15-19-14-20(27)5-7-24(19)34-25/h4-8,14-16,29-30H,2-3,9-13H2,1H3. The van der Waals surface area contributed by atoms with Crippen molar-refractivity contribution in [1.82, 2.24) is 14.6 Å². The number of sulfonamides is 1. The number of nitrogens with one attached hydrogen (secondary N) is 2. The van der Waals surface area contributed by atoms with Crippen LogP contribution >= 0.6 is 34.5 Å². The summed E-state index contributed by atoms with van der Waals surface area (Å²) < 4.78 is 29.4. The molecule has 0 aliphatic carbocycles. The van der Waals surface area contributed by atoms with Gasteiger partial charge in [-0.1, -0.05) is 29.3 Å². The third-order valence-corrected chi connectivity index (χ3v) is 10.00. The van der Waals surface area contributed by atoms with E-state index in [-0.39, 0.29) is 0 Å². The highest BCUT2D eigenvalue weighted by atomic mass is 35.5. The molecule has 5 nitrogen and oxygen atoms in total. The van der Waals surface area contributed by atoms with Crippen LogP contribution in [0.4, 0.5) is 0 Å². The summed E-state index contributed by atoms with van der Waals surface area (Å²) in [4.78, 5) is 5.89. The lowest BCUT2D eigenvalue weighted by Gasteiger charge is -2.26. The normalized spacial score (nSPS) is 15.2. The van der Waals surface area contributed by atoms with E-state index in [0.29, 0.717) is 15.8 Å². The van der Waals surface area contributed by atoms with Gasteiger partial charge in [-0.2, -0.15) is 0 Å². The van der Waals surface area contributed by atoms with Gasteiger partial charge in [0.25, 0.3) is 0 Å². The van der Waals surface area contributed by atoms with Gasteiger partial charge in [-0.05, 0) is 86.2 Å². The third-order valence-electron chi connectivity index (χ3n) is 6.48. The number of thiophene rings is 1. The fourth-order valence-electron chi connectivity index (χ4n) is 4.71. The van der Waals surface area contributed by atoms with E-state index in [2.05, 4.69) is 27.6 Å². The van der Waals surface area contributed by atoms with Gasteiger partial charge in [0.05, 0.1) is 0 Å². The van der Waals surface area contributed by atoms with E-state index in [9.17, 15) is 8.42 Å². The number of benzene rings is 2. The molecule has 0 unspecified atom stereocenters. The smallest absolute Gasteiger partial charge is 0.250 e. The molecule has 0 atom stereocenters. The van der Waals surface area contributed by atoms with Crippen LogP contribution in [-0.2, 0) is 10.0 Å². The van der Waals surface area contributed by atoms with Gasteiger partial charge >= 0.3 is 0 Å². The highest BCUT2D eigenvalue weighted by Gasteiger charge is 2.19. The van der Waals surface area contributed by atoms with E-state index in [4.69, 9.17) is 23.2 Å². The maximum Gasteiger partial charge on any atom is 0.250 e. The van der Waals surface area contributed by atoms with Gasteiger partial charge < -0.3 is 4.98 Å². The zero-order valence-corrected chi connectivity index (χ0v) is 22.5. The Labute approximate surface area is 219 Å². The molecule has 3 heterocycles. The minimum Gasteiger partial charge on any atom is -0.358 e. The maximum absolute atomic E-state index is 12.7. The van der Waals surface area contributed by atoms with E-state index in [0.717, 1.165) is 59.5 Å². The van der Waals surface area contributed by atoms with Crippen molar-refractivity contribution in [2.24, 2.45) is 0 Å². The summed E-state index contributed by atoms with van der Waals surface area (Å²) in [5.74, 6) is 0. The highest BCUT2D eigenvalue weighted by molar-refractivity contribution is 7.91. The first-order valence-electron chi connectivity index (χ1n) is 11.7.